The molecule has 1 aliphatic heterocycles. The fourth-order valence-corrected chi connectivity index (χ4v) is 3.16. The highest BCUT2D eigenvalue weighted by Gasteiger charge is 2.23. The third-order valence-corrected chi connectivity index (χ3v) is 4.02. The van der Waals surface area contributed by atoms with Crippen LogP contribution < -0.4 is 4.74 Å². The lowest BCUT2D eigenvalue weighted by Gasteiger charge is -2.22. The summed E-state index contributed by atoms with van der Waals surface area (Å²) in [4.78, 5) is 0. The van der Waals surface area contributed by atoms with Crippen LogP contribution in [-0.2, 0) is 17.6 Å². The summed E-state index contributed by atoms with van der Waals surface area (Å²) in [5.41, 5.74) is 2.29. The van der Waals surface area contributed by atoms with Crippen LogP contribution in [0.3, 0.4) is 0 Å². The second-order valence-electron chi connectivity index (χ2n) is 4.99. The fourth-order valence-electron chi connectivity index (χ4n) is 2.61. The minimum Gasteiger partial charge on any atom is -0.493 e. The Morgan fingerprint density at radius 2 is 2.26 bits per heavy atom. The molecule has 2 unspecified atom stereocenters. The maximum atomic E-state index is 10.3. The van der Waals surface area contributed by atoms with Crippen molar-refractivity contribution < 1.29 is 14.6 Å². The van der Waals surface area contributed by atoms with E-state index < -0.39 is 6.10 Å². The second-order valence-corrected chi connectivity index (χ2v) is 5.90. The van der Waals surface area contributed by atoms with Gasteiger partial charge in [0.25, 0.3) is 0 Å². The van der Waals surface area contributed by atoms with Gasteiger partial charge in [-0.3, -0.25) is 0 Å². The maximum Gasteiger partial charge on any atom is 0.125 e. The topological polar surface area (TPSA) is 38.7 Å². The molecular formula is C15H21BrO3. The largest absolute Gasteiger partial charge is 0.493 e. The Morgan fingerprint density at radius 1 is 1.47 bits per heavy atom. The average Bonchev–Trinajstić information content (AvgIpc) is 2.83. The normalized spacial score (nSPS) is 16.8. The van der Waals surface area contributed by atoms with Gasteiger partial charge in [0, 0.05) is 24.4 Å². The van der Waals surface area contributed by atoms with Gasteiger partial charge in [0.2, 0.25) is 0 Å². The minimum atomic E-state index is -0.493. The third-order valence-electron chi connectivity index (χ3n) is 3.56. The first kappa shape index (κ1) is 14.8. The molecule has 3 nitrogen and oxygen atoms in total. The number of halogens is 1. The number of methoxy groups -OCH3 is 1. The zero-order valence-corrected chi connectivity index (χ0v) is 13.1. The van der Waals surface area contributed by atoms with Gasteiger partial charge >= 0.3 is 0 Å². The van der Waals surface area contributed by atoms with Gasteiger partial charge in [-0.15, -0.1) is 0 Å². The molecule has 1 aliphatic rings. The lowest BCUT2D eigenvalue weighted by molar-refractivity contribution is -0.0161. The van der Waals surface area contributed by atoms with Crippen LogP contribution in [0.5, 0.6) is 5.75 Å². The first-order valence-corrected chi connectivity index (χ1v) is 7.60. The number of benzene rings is 1. The molecule has 19 heavy (non-hydrogen) atoms. The van der Waals surface area contributed by atoms with Crippen molar-refractivity contribution in [1.82, 2.24) is 0 Å². The smallest absolute Gasteiger partial charge is 0.125 e. The van der Waals surface area contributed by atoms with Crippen molar-refractivity contribution in [3.05, 3.63) is 27.7 Å². The van der Waals surface area contributed by atoms with Gasteiger partial charge in [0.15, 0.2) is 0 Å². The van der Waals surface area contributed by atoms with E-state index in [0.29, 0.717) is 6.42 Å². The van der Waals surface area contributed by atoms with E-state index in [1.165, 1.54) is 5.56 Å². The number of fused-ring (bicyclic) bond motifs is 1. The molecule has 4 heteroatoms. The molecule has 0 bridgehead atoms. The van der Waals surface area contributed by atoms with Crippen LogP contribution in [0.25, 0.3) is 0 Å². The van der Waals surface area contributed by atoms with Gasteiger partial charge < -0.3 is 14.6 Å². The Labute approximate surface area is 123 Å². The molecule has 0 aliphatic carbocycles. The Balaban J connectivity index is 2.14. The van der Waals surface area contributed by atoms with E-state index in [0.717, 1.165) is 41.7 Å². The number of hydrogen-bond donors (Lipinski definition) is 1. The summed E-state index contributed by atoms with van der Waals surface area (Å²) >= 11 is 3.52. The highest BCUT2D eigenvalue weighted by molar-refractivity contribution is 9.10. The Kier molecular flexibility index (Phi) is 5.25. The number of hydrogen-bond acceptors (Lipinski definition) is 3. The zero-order chi connectivity index (χ0) is 13.8. The van der Waals surface area contributed by atoms with Crippen molar-refractivity contribution in [3.63, 3.8) is 0 Å². The molecular weight excluding hydrogens is 308 g/mol. The molecule has 106 valence electrons. The molecule has 1 N–H and O–H groups in total. The molecule has 2 atom stereocenters. The van der Waals surface area contributed by atoms with Crippen LogP contribution in [0.15, 0.2) is 16.6 Å². The highest BCUT2D eigenvalue weighted by atomic mass is 79.9. The van der Waals surface area contributed by atoms with Gasteiger partial charge in [-0.05, 0) is 29.7 Å². The molecule has 0 aromatic heterocycles. The zero-order valence-electron chi connectivity index (χ0n) is 11.5. The lowest BCUT2D eigenvalue weighted by Crippen LogP contribution is -2.30. The van der Waals surface area contributed by atoms with E-state index in [1.54, 1.807) is 7.11 Å². The SMILES string of the molecule is CCCC(OC)C(O)Cc1cc(Br)cc2c1OCC2. The van der Waals surface area contributed by atoms with E-state index in [1.807, 2.05) is 6.07 Å². The summed E-state index contributed by atoms with van der Waals surface area (Å²) in [5.74, 6) is 0.952. The van der Waals surface area contributed by atoms with Gasteiger partial charge in [0.05, 0.1) is 18.8 Å². The van der Waals surface area contributed by atoms with Gasteiger partial charge in [-0.25, -0.2) is 0 Å². The van der Waals surface area contributed by atoms with Crippen LogP contribution in [0.1, 0.15) is 30.9 Å². The Hall–Kier alpha value is -0.580. The summed E-state index contributed by atoms with van der Waals surface area (Å²) in [6.45, 7) is 2.83. The standard InChI is InChI=1S/C15H21BrO3/c1-3-4-14(18-2)13(17)9-11-8-12(16)7-10-5-6-19-15(10)11/h7-8,13-14,17H,3-6,9H2,1-2H3. The van der Waals surface area contributed by atoms with Crippen LogP contribution in [0.4, 0.5) is 0 Å². The molecule has 0 saturated heterocycles. The summed E-state index contributed by atoms with van der Waals surface area (Å²) in [6.07, 6.45) is 2.78. The fraction of sp³-hybridized carbons (Fsp3) is 0.600. The molecule has 1 aromatic carbocycles. The van der Waals surface area contributed by atoms with Crippen molar-refractivity contribution in [3.8, 4) is 5.75 Å². The summed E-state index contributed by atoms with van der Waals surface area (Å²) in [5, 5.41) is 10.3. The second kappa shape index (κ2) is 6.73. The number of aliphatic hydroxyl groups excluding tert-OH is 1. The van der Waals surface area contributed by atoms with E-state index >= 15 is 0 Å². The highest BCUT2D eigenvalue weighted by Crippen LogP contribution is 2.34. The Bertz CT molecular complexity index is 434. The van der Waals surface area contributed by atoms with Crippen molar-refractivity contribution in [1.29, 1.82) is 0 Å². The van der Waals surface area contributed by atoms with Crippen molar-refractivity contribution in [2.24, 2.45) is 0 Å². The maximum absolute atomic E-state index is 10.3. The average molecular weight is 329 g/mol. The summed E-state index contributed by atoms with van der Waals surface area (Å²) < 4.78 is 12.1. The van der Waals surface area contributed by atoms with Crippen molar-refractivity contribution in [2.75, 3.05) is 13.7 Å². The lowest BCUT2D eigenvalue weighted by atomic mass is 9.98. The molecule has 0 saturated carbocycles. The van der Waals surface area contributed by atoms with Crippen LogP contribution in [-0.4, -0.2) is 31.0 Å². The van der Waals surface area contributed by atoms with Gasteiger partial charge in [-0.1, -0.05) is 29.3 Å². The summed E-state index contributed by atoms with van der Waals surface area (Å²) in [7, 11) is 1.66. The summed E-state index contributed by atoms with van der Waals surface area (Å²) in [6, 6.07) is 4.13. The van der Waals surface area contributed by atoms with Gasteiger partial charge in [-0.2, -0.15) is 0 Å². The Morgan fingerprint density at radius 3 is 2.95 bits per heavy atom. The number of aliphatic hydroxyl groups is 1. The first-order chi connectivity index (χ1) is 9.15. The third kappa shape index (κ3) is 3.50. The monoisotopic (exact) mass is 328 g/mol. The molecule has 1 heterocycles. The van der Waals surface area contributed by atoms with E-state index in [-0.39, 0.29) is 6.10 Å². The van der Waals surface area contributed by atoms with Gasteiger partial charge in [0.1, 0.15) is 5.75 Å². The van der Waals surface area contributed by atoms with E-state index in [9.17, 15) is 5.11 Å². The quantitative estimate of drug-likeness (QED) is 0.872. The van der Waals surface area contributed by atoms with Crippen molar-refractivity contribution in [2.45, 2.75) is 44.8 Å². The predicted octanol–water partition coefficient (Wildman–Crippen LogP) is 3.10. The predicted molar refractivity (Wildman–Crippen MR) is 78.8 cm³/mol. The molecule has 1 aromatic rings. The molecule has 0 spiro atoms. The molecule has 0 radical (unpaired) electrons. The van der Waals surface area contributed by atoms with Crippen LogP contribution in [0.2, 0.25) is 0 Å². The van der Waals surface area contributed by atoms with E-state index in [4.69, 9.17) is 9.47 Å². The minimum absolute atomic E-state index is 0.110. The molecule has 0 amide bonds. The van der Waals surface area contributed by atoms with Crippen molar-refractivity contribution >= 4 is 15.9 Å². The number of ether oxygens (including phenoxy) is 2. The molecule has 2 rings (SSSR count). The van der Waals surface area contributed by atoms with Crippen LogP contribution >= 0.6 is 15.9 Å². The van der Waals surface area contributed by atoms with E-state index in [2.05, 4.69) is 28.9 Å². The molecule has 0 fully saturated rings. The number of rotatable bonds is 6. The van der Waals surface area contributed by atoms with Crippen LogP contribution in [0, 0.1) is 0 Å². The first-order valence-electron chi connectivity index (χ1n) is 6.80.